The Morgan fingerprint density at radius 3 is 2.85 bits per heavy atom. The third kappa shape index (κ3) is 1.92. The summed E-state index contributed by atoms with van der Waals surface area (Å²) in [6.07, 6.45) is 9.74. The van der Waals surface area contributed by atoms with Gasteiger partial charge in [-0.2, -0.15) is 5.10 Å². The van der Waals surface area contributed by atoms with E-state index >= 15 is 0 Å². The van der Waals surface area contributed by atoms with Crippen molar-refractivity contribution >= 4 is 11.2 Å². The number of benzene rings is 1. The molecule has 2 aromatic heterocycles. The minimum atomic E-state index is 0.882. The van der Waals surface area contributed by atoms with E-state index in [9.17, 15) is 0 Å². The Kier molecular flexibility index (Phi) is 2.62. The van der Waals surface area contributed by atoms with E-state index in [2.05, 4.69) is 40.4 Å². The van der Waals surface area contributed by atoms with Crippen LogP contribution in [0.5, 0.6) is 0 Å². The smallest absolute Gasteiger partial charge is 0.155 e. The number of rotatable bonds is 2. The van der Waals surface area contributed by atoms with Crippen LogP contribution < -0.4 is 0 Å². The van der Waals surface area contributed by atoms with Gasteiger partial charge in [0.1, 0.15) is 0 Å². The third-order valence-electron chi connectivity index (χ3n) is 3.81. The monoisotopic (exact) mass is 261 g/mol. The lowest BCUT2D eigenvalue weighted by molar-refractivity contribution is 0.935. The first-order valence-electron chi connectivity index (χ1n) is 7.00. The Bertz CT molecular complexity index is 766. The molecule has 1 aromatic carbocycles. The van der Waals surface area contributed by atoms with E-state index in [0.29, 0.717) is 0 Å². The zero-order chi connectivity index (χ0) is 13.4. The van der Waals surface area contributed by atoms with E-state index in [-0.39, 0.29) is 0 Å². The Balaban J connectivity index is 1.79. The molecule has 20 heavy (non-hydrogen) atoms. The summed E-state index contributed by atoms with van der Waals surface area (Å²) in [5.41, 5.74) is 5.80. The molecular weight excluding hydrogens is 246 g/mol. The average molecular weight is 261 g/mol. The summed E-state index contributed by atoms with van der Waals surface area (Å²) in [5.74, 6) is 0. The van der Waals surface area contributed by atoms with Gasteiger partial charge < -0.3 is 0 Å². The molecule has 3 heteroatoms. The maximum Gasteiger partial charge on any atom is 0.155 e. The molecule has 0 amide bonds. The summed E-state index contributed by atoms with van der Waals surface area (Å²) in [5, 5.41) is 4.59. The maximum atomic E-state index is 4.59. The molecule has 3 nitrogen and oxygen atoms in total. The minimum Gasteiger partial charge on any atom is -0.237 e. The van der Waals surface area contributed by atoms with Gasteiger partial charge in [-0.1, -0.05) is 24.3 Å². The van der Waals surface area contributed by atoms with E-state index in [1.807, 2.05) is 22.8 Å². The summed E-state index contributed by atoms with van der Waals surface area (Å²) in [6.45, 7) is 0. The first-order chi connectivity index (χ1) is 9.90. The summed E-state index contributed by atoms with van der Waals surface area (Å²) in [6, 6.07) is 12.6. The van der Waals surface area contributed by atoms with Crippen LogP contribution in [0, 0.1) is 0 Å². The fourth-order valence-electron chi connectivity index (χ4n) is 2.78. The molecular formula is C17H15N3. The zero-order valence-electron chi connectivity index (χ0n) is 11.2. The normalized spacial score (nSPS) is 14.7. The molecule has 0 aliphatic heterocycles. The zero-order valence-corrected chi connectivity index (χ0v) is 11.2. The predicted molar refractivity (Wildman–Crippen MR) is 80.3 cm³/mol. The average Bonchev–Trinajstić information content (AvgIpc) is 3.16. The number of hydrogen-bond acceptors (Lipinski definition) is 2. The van der Waals surface area contributed by atoms with Crippen LogP contribution in [0.2, 0.25) is 0 Å². The quantitative estimate of drug-likeness (QED) is 0.699. The Hall–Kier alpha value is -2.42. The summed E-state index contributed by atoms with van der Waals surface area (Å²) < 4.78 is 1.82. The summed E-state index contributed by atoms with van der Waals surface area (Å²) in [4.78, 5) is 4.32. The predicted octanol–water partition coefficient (Wildman–Crippen LogP) is 3.96. The highest BCUT2D eigenvalue weighted by atomic mass is 15.2. The molecule has 3 aromatic rings. The Labute approximate surface area is 117 Å². The molecule has 0 radical (unpaired) electrons. The van der Waals surface area contributed by atoms with Crippen molar-refractivity contribution in [2.45, 2.75) is 19.3 Å². The van der Waals surface area contributed by atoms with E-state index in [4.69, 9.17) is 0 Å². The second-order valence-corrected chi connectivity index (χ2v) is 5.15. The van der Waals surface area contributed by atoms with Crippen molar-refractivity contribution in [3.8, 4) is 11.3 Å². The lowest BCUT2D eigenvalue weighted by Gasteiger charge is -2.04. The van der Waals surface area contributed by atoms with E-state index in [1.165, 1.54) is 30.4 Å². The Morgan fingerprint density at radius 2 is 2.00 bits per heavy atom. The molecule has 0 bridgehead atoms. The molecule has 0 N–H and O–H groups in total. The number of hydrogen-bond donors (Lipinski definition) is 0. The van der Waals surface area contributed by atoms with Crippen LogP contribution in [0.25, 0.3) is 22.5 Å². The van der Waals surface area contributed by atoms with Gasteiger partial charge in [-0.15, -0.1) is 0 Å². The van der Waals surface area contributed by atoms with Gasteiger partial charge in [0.05, 0.1) is 5.69 Å². The van der Waals surface area contributed by atoms with Crippen molar-refractivity contribution in [3.63, 3.8) is 0 Å². The SMILES string of the molecule is C1=C(c2cccc(-c3cc4ncccn4n3)c2)CCC1. The Morgan fingerprint density at radius 1 is 1.05 bits per heavy atom. The van der Waals surface area contributed by atoms with Crippen LogP contribution in [0.15, 0.2) is 54.9 Å². The third-order valence-corrected chi connectivity index (χ3v) is 3.81. The van der Waals surface area contributed by atoms with Gasteiger partial charge in [0.25, 0.3) is 0 Å². The fraction of sp³-hybridized carbons (Fsp3) is 0.176. The second-order valence-electron chi connectivity index (χ2n) is 5.15. The largest absolute Gasteiger partial charge is 0.237 e. The van der Waals surface area contributed by atoms with Gasteiger partial charge in [0, 0.05) is 24.0 Å². The standard InChI is InChI=1S/C17H15N3/c1-2-6-13(5-1)14-7-3-8-15(11-14)16-12-17-18-9-4-10-20(17)19-16/h3-5,7-12H,1-2,6H2. The lowest BCUT2D eigenvalue weighted by atomic mass is 10.0. The van der Waals surface area contributed by atoms with Crippen LogP contribution in [0.4, 0.5) is 0 Å². The van der Waals surface area contributed by atoms with Gasteiger partial charge >= 0.3 is 0 Å². The van der Waals surface area contributed by atoms with E-state index in [1.54, 1.807) is 6.20 Å². The van der Waals surface area contributed by atoms with Crippen LogP contribution in [0.1, 0.15) is 24.8 Å². The molecule has 0 atom stereocenters. The first kappa shape index (κ1) is 11.4. The van der Waals surface area contributed by atoms with Gasteiger partial charge in [0.2, 0.25) is 0 Å². The van der Waals surface area contributed by atoms with Crippen molar-refractivity contribution in [1.29, 1.82) is 0 Å². The molecule has 1 aliphatic rings. The highest BCUT2D eigenvalue weighted by molar-refractivity contribution is 5.73. The van der Waals surface area contributed by atoms with Gasteiger partial charge in [-0.05, 0) is 42.5 Å². The first-order valence-corrected chi connectivity index (χ1v) is 7.00. The lowest BCUT2D eigenvalue weighted by Crippen LogP contribution is -1.88. The minimum absolute atomic E-state index is 0.882. The highest BCUT2D eigenvalue weighted by Gasteiger charge is 2.10. The van der Waals surface area contributed by atoms with Crippen molar-refractivity contribution < 1.29 is 0 Å². The maximum absolute atomic E-state index is 4.59. The molecule has 0 fully saturated rings. The molecule has 2 heterocycles. The highest BCUT2D eigenvalue weighted by Crippen LogP contribution is 2.30. The van der Waals surface area contributed by atoms with E-state index < -0.39 is 0 Å². The molecule has 98 valence electrons. The summed E-state index contributed by atoms with van der Waals surface area (Å²) >= 11 is 0. The van der Waals surface area contributed by atoms with Crippen LogP contribution >= 0.6 is 0 Å². The van der Waals surface area contributed by atoms with Gasteiger partial charge in [-0.25, -0.2) is 9.50 Å². The van der Waals surface area contributed by atoms with Crippen molar-refractivity contribution in [2.75, 3.05) is 0 Å². The topological polar surface area (TPSA) is 30.2 Å². The van der Waals surface area contributed by atoms with Gasteiger partial charge in [-0.3, -0.25) is 0 Å². The fourth-order valence-corrected chi connectivity index (χ4v) is 2.78. The molecule has 0 saturated carbocycles. The number of aromatic nitrogens is 3. The van der Waals surface area contributed by atoms with Crippen LogP contribution in [0.3, 0.4) is 0 Å². The van der Waals surface area contributed by atoms with Crippen molar-refractivity contribution in [3.05, 3.63) is 60.4 Å². The van der Waals surface area contributed by atoms with Crippen LogP contribution in [-0.2, 0) is 0 Å². The van der Waals surface area contributed by atoms with E-state index in [0.717, 1.165) is 16.9 Å². The van der Waals surface area contributed by atoms with Gasteiger partial charge in [0.15, 0.2) is 5.65 Å². The second kappa shape index (κ2) is 4.60. The van der Waals surface area contributed by atoms with Crippen LogP contribution in [-0.4, -0.2) is 14.6 Å². The van der Waals surface area contributed by atoms with Crippen molar-refractivity contribution in [2.24, 2.45) is 0 Å². The number of allylic oxidation sites excluding steroid dienone is 2. The molecule has 0 spiro atoms. The summed E-state index contributed by atoms with van der Waals surface area (Å²) in [7, 11) is 0. The molecule has 4 rings (SSSR count). The number of fused-ring (bicyclic) bond motifs is 1. The number of nitrogens with zero attached hydrogens (tertiary/aromatic N) is 3. The molecule has 0 unspecified atom stereocenters. The molecule has 1 aliphatic carbocycles. The van der Waals surface area contributed by atoms with Crippen molar-refractivity contribution in [1.82, 2.24) is 14.6 Å². The molecule has 0 saturated heterocycles.